The maximum absolute atomic E-state index is 4.68. The normalized spacial score (nSPS) is 14.2. The molecule has 130 valence electrons. The van der Waals surface area contributed by atoms with Crippen LogP contribution < -0.4 is 0 Å². The molecule has 2 aromatic rings. The summed E-state index contributed by atoms with van der Waals surface area (Å²) in [5, 5.41) is 0. The molecule has 0 fully saturated rings. The van der Waals surface area contributed by atoms with Crippen molar-refractivity contribution < 1.29 is 0 Å². The van der Waals surface area contributed by atoms with Crippen molar-refractivity contribution in [3.8, 4) is 0 Å². The van der Waals surface area contributed by atoms with Gasteiger partial charge in [-0.2, -0.15) is 0 Å². The smallest absolute Gasteiger partial charge is 0.0431 e. The molecule has 0 saturated heterocycles. The van der Waals surface area contributed by atoms with Gasteiger partial charge >= 0.3 is 0 Å². The minimum atomic E-state index is 0.517. The van der Waals surface area contributed by atoms with Crippen molar-refractivity contribution in [2.24, 2.45) is 0 Å². The number of pyridine rings is 1. The van der Waals surface area contributed by atoms with Crippen molar-refractivity contribution in [1.29, 1.82) is 0 Å². The Balaban J connectivity index is 1.91. The van der Waals surface area contributed by atoms with Gasteiger partial charge in [0, 0.05) is 11.9 Å². The number of rotatable bonds is 7. The molecule has 1 aromatic heterocycles. The van der Waals surface area contributed by atoms with E-state index in [2.05, 4.69) is 82.9 Å². The fourth-order valence-electron chi connectivity index (χ4n) is 3.07. The number of hydrogen-bond donors (Lipinski definition) is 0. The molecule has 2 rings (SSSR count). The lowest BCUT2D eigenvalue weighted by molar-refractivity contribution is 0.565. The number of nitrogens with zero attached hydrogens (tertiary/aromatic N) is 1. The maximum Gasteiger partial charge on any atom is 0.0431 e. The maximum atomic E-state index is 4.68. The third-order valence-electron chi connectivity index (χ3n) is 5.19. The summed E-state index contributed by atoms with van der Waals surface area (Å²) in [7, 11) is 0. The standard InChI is InChI=1S/C23H33N/c1-16(2)20-9-11-21(12-10-20)18(5)7-8-19(6)23-14-13-22(15-24-23)17(3)4/h9-19H,7-8H2,1-6H3. The molecular weight excluding hydrogens is 290 g/mol. The van der Waals surface area contributed by atoms with Gasteiger partial charge in [-0.25, -0.2) is 0 Å². The molecule has 1 heteroatoms. The SMILES string of the molecule is CC(C)c1ccc(C(C)CCC(C)c2ccc(C(C)C)cn2)cc1. The van der Waals surface area contributed by atoms with Gasteiger partial charge in [-0.15, -0.1) is 0 Å². The molecular formula is C23H33N. The van der Waals surface area contributed by atoms with Crippen LogP contribution in [0.2, 0.25) is 0 Å². The Labute approximate surface area is 148 Å². The average Bonchev–Trinajstić information content (AvgIpc) is 2.59. The highest BCUT2D eigenvalue weighted by Crippen LogP contribution is 2.28. The van der Waals surface area contributed by atoms with Gasteiger partial charge in [-0.1, -0.05) is 71.9 Å². The zero-order valence-electron chi connectivity index (χ0n) is 16.2. The molecule has 2 atom stereocenters. The van der Waals surface area contributed by atoms with E-state index >= 15 is 0 Å². The lowest BCUT2D eigenvalue weighted by atomic mass is 9.89. The lowest BCUT2D eigenvalue weighted by Crippen LogP contribution is -2.02. The van der Waals surface area contributed by atoms with Crippen LogP contribution in [0.15, 0.2) is 42.6 Å². The molecule has 0 spiro atoms. The van der Waals surface area contributed by atoms with Crippen LogP contribution in [0.25, 0.3) is 0 Å². The Morgan fingerprint density at radius 3 is 1.62 bits per heavy atom. The Morgan fingerprint density at radius 1 is 0.625 bits per heavy atom. The fourth-order valence-corrected chi connectivity index (χ4v) is 3.07. The van der Waals surface area contributed by atoms with Gasteiger partial charge in [0.1, 0.15) is 0 Å². The van der Waals surface area contributed by atoms with Crippen molar-refractivity contribution in [2.75, 3.05) is 0 Å². The van der Waals surface area contributed by atoms with Gasteiger partial charge in [-0.05, 0) is 59.3 Å². The monoisotopic (exact) mass is 323 g/mol. The van der Waals surface area contributed by atoms with Crippen LogP contribution in [-0.4, -0.2) is 4.98 Å². The van der Waals surface area contributed by atoms with Crippen LogP contribution in [0.5, 0.6) is 0 Å². The first-order valence-corrected chi connectivity index (χ1v) is 9.44. The highest BCUT2D eigenvalue weighted by Gasteiger charge is 2.12. The van der Waals surface area contributed by atoms with Crippen LogP contribution >= 0.6 is 0 Å². The van der Waals surface area contributed by atoms with Gasteiger partial charge in [0.25, 0.3) is 0 Å². The second-order valence-electron chi connectivity index (χ2n) is 7.87. The summed E-state index contributed by atoms with van der Waals surface area (Å²) in [5.41, 5.74) is 5.43. The van der Waals surface area contributed by atoms with E-state index in [4.69, 9.17) is 0 Å². The van der Waals surface area contributed by atoms with E-state index < -0.39 is 0 Å². The Bertz CT molecular complexity index is 550. The molecule has 0 saturated carbocycles. The predicted molar refractivity (Wildman–Crippen MR) is 105 cm³/mol. The van der Waals surface area contributed by atoms with E-state index in [1.807, 2.05) is 6.20 Å². The zero-order chi connectivity index (χ0) is 17.7. The molecule has 0 aliphatic carbocycles. The number of aromatic nitrogens is 1. The summed E-state index contributed by atoms with van der Waals surface area (Å²) < 4.78 is 0. The van der Waals surface area contributed by atoms with E-state index in [0.717, 1.165) is 0 Å². The fraction of sp³-hybridized carbons (Fsp3) is 0.522. The van der Waals surface area contributed by atoms with Crippen molar-refractivity contribution in [3.63, 3.8) is 0 Å². The molecule has 2 unspecified atom stereocenters. The Kier molecular flexibility index (Phi) is 6.60. The molecule has 1 aromatic carbocycles. The topological polar surface area (TPSA) is 12.9 Å². The van der Waals surface area contributed by atoms with Gasteiger partial charge in [0.2, 0.25) is 0 Å². The van der Waals surface area contributed by atoms with Gasteiger partial charge in [-0.3, -0.25) is 4.98 Å². The molecule has 0 bridgehead atoms. The van der Waals surface area contributed by atoms with Crippen LogP contribution in [0.4, 0.5) is 0 Å². The summed E-state index contributed by atoms with van der Waals surface area (Å²) in [6, 6.07) is 13.6. The second kappa shape index (κ2) is 8.46. The molecule has 24 heavy (non-hydrogen) atoms. The third kappa shape index (κ3) is 4.93. The first kappa shape index (κ1) is 18.7. The molecule has 0 radical (unpaired) electrons. The highest BCUT2D eigenvalue weighted by atomic mass is 14.7. The summed E-state index contributed by atoms with van der Waals surface area (Å²) >= 11 is 0. The first-order valence-electron chi connectivity index (χ1n) is 9.44. The molecule has 1 nitrogen and oxygen atoms in total. The van der Waals surface area contributed by atoms with E-state index in [-0.39, 0.29) is 0 Å². The van der Waals surface area contributed by atoms with E-state index in [1.54, 1.807) is 0 Å². The molecule has 0 aliphatic heterocycles. The minimum Gasteiger partial charge on any atom is -0.261 e. The predicted octanol–water partition coefficient (Wildman–Crippen LogP) is 7.02. The average molecular weight is 324 g/mol. The summed E-state index contributed by atoms with van der Waals surface area (Å²) in [6.07, 6.45) is 4.43. The van der Waals surface area contributed by atoms with E-state index in [0.29, 0.717) is 23.7 Å². The lowest BCUT2D eigenvalue weighted by Gasteiger charge is -2.17. The summed E-state index contributed by atoms with van der Waals surface area (Å²) in [5.74, 6) is 2.28. The number of hydrogen-bond acceptors (Lipinski definition) is 1. The quantitative estimate of drug-likeness (QED) is 0.533. The van der Waals surface area contributed by atoms with Crippen molar-refractivity contribution in [3.05, 3.63) is 65.0 Å². The van der Waals surface area contributed by atoms with Crippen molar-refractivity contribution in [2.45, 2.75) is 78.1 Å². The van der Waals surface area contributed by atoms with Gasteiger partial charge < -0.3 is 0 Å². The molecule has 0 aliphatic rings. The van der Waals surface area contributed by atoms with Crippen LogP contribution in [-0.2, 0) is 0 Å². The highest BCUT2D eigenvalue weighted by molar-refractivity contribution is 5.27. The molecule has 0 N–H and O–H groups in total. The van der Waals surface area contributed by atoms with Gasteiger partial charge in [0.05, 0.1) is 0 Å². The summed E-state index contributed by atoms with van der Waals surface area (Å²) in [6.45, 7) is 13.6. The Morgan fingerprint density at radius 2 is 1.12 bits per heavy atom. The third-order valence-corrected chi connectivity index (χ3v) is 5.19. The van der Waals surface area contributed by atoms with Crippen molar-refractivity contribution >= 4 is 0 Å². The van der Waals surface area contributed by atoms with E-state index in [1.165, 1.54) is 35.2 Å². The number of benzene rings is 1. The van der Waals surface area contributed by atoms with Crippen molar-refractivity contribution in [1.82, 2.24) is 4.98 Å². The first-order chi connectivity index (χ1) is 11.4. The molecule has 1 heterocycles. The molecule has 0 amide bonds. The summed E-state index contributed by atoms with van der Waals surface area (Å²) in [4.78, 5) is 4.68. The van der Waals surface area contributed by atoms with Gasteiger partial charge in [0.15, 0.2) is 0 Å². The Hall–Kier alpha value is -1.63. The minimum absolute atomic E-state index is 0.517. The van der Waals surface area contributed by atoms with Crippen LogP contribution in [0.3, 0.4) is 0 Å². The van der Waals surface area contributed by atoms with E-state index in [9.17, 15) is 0 Å². The zero-order valence-corrected chi connectivity index (χ0v) is 16.2. The largest absolute Gasteiger partial charge is 0.261 e. The second-order valence-corrected chi connectivity index (χ2v) is 7.87. The van der Waals surface area contributed by atoms with Crippen LogP contribution in [0.1, 0.15) is 100 Å². The van der Waals surface area contributed by atoms with Crippen LogP contribution in [0, 0.1) is 0 Å².